The molecule has 0 saturated heterocycles. The lowest BCUT2D eigenvalue weighted by atomic mass is 9.94. The van der Waals surface area contributed by atoms with Gasteiger partial charge in [0.15, 0.2) is 0 Å². The monoisotopic (exact) mass is 539 g/mol. The van der Waals surface area contributed by atoms with Gasteiger partial charge in [0.05, 0.1) is 16.1 Å². The number of anilines is 2. The second kappa shape index (κ2) is 10.6. The van der Waals surface area contributed by atoms with E-state index in [1.165, 1.54) is 43.9 Å². The quantitative estimate of drug-likeness (QED) is 0.533. The second-order valence-corrected chi connectivity index (χ2v) is 13.0. The summed E-state index contributed by atoms with van der Waals surface area (Å²) in [5.41, 5.74) is 2.76. The maximum absolute atomic E-state index is 13.3. The van der Waals surface area contributed by atoms with Crippen molar-refractivity contribution in [3.8, 4) is 0 Å². The summed E-state index contributed by atoms with van der Waals surface area (Å²) < 4.78 is 25.6. The predicted octanol–water partition coefficient (Wildman–Crippen LogP) is 3.65. The molecule has 3 N–H and O–H groups in total. The molecule has 2 aliphatic rings. The van der Waals surface area contributed by atoms with Crippen LogP contribution < -0.4 is 20.3 Å². The van der Waals surface area contributed by atoms with Crippen LogP contribution >= 0.6 is 0 Å². The zero-order valence-corrected chi connectivity index (χ0v) is 22.8. The number of carbonyl (C=O) groups is 3. The molecule has 2 aromatic carbocycles. The molecule has 2 aromatic rings. The van der Waals surface area contributed by atoms with Crippen LogP contribution in [-0.4, -0.2) is 49.9 Å². The van der Waals surface area contributed by atoms with Gasteiger partial charge in [-0.25, -0.2) is 17.9 Å². The van der Waals surface area contributed by atoms with Crippen molar-refractivity contribution < 1.29 is 22.8 Å². The van der Waals surface area contributed by atoms with Gasteiger partial charge in [0.2, 0.25) is 16.2 Å². The van der Waals surface area contributed by atoms with Crippen molar-refractivity contribution in [1.82, 2.24) is 10.0 Å². The van der Waals surface area contributed by atoms with E-state index in [2.05, 4.69) is 15.4 Å². The minimum Gasteiger partial charge on any atom is -0.311 e. The van der Waals surface area contributed by atoms with Gasteiger partial charge in [-0.15, -0.1) is 0 Å². The Morgan fingerprint density at radius 2 is 1.71 bits per heavy atom. The number of hydrogen-bond donors (Lipinski definition) is 3. The number of fused-ring (bicyclic) bond motifs is 1. The predicted molar refractivity (Wildman–Crippen MR) is 147 cm³/mol. The van der Waals surface area contributed by atoms with Crippen LogP contribution in [0.1, 0.15) is 62.4 Å². The highest BCUT2D eigenvalue weighted by Crippen LogP contribution is 2.34. The van der Waals surface area contributed by atoms with Crippen LogP contribution in [0.25, 0.3) is 0 Å². The fraction of sp³-hybridized carbons (Fsp3) is 0.407. The summed E-state index contributed by atoms with van der Waals surface area (Å²) in [6.07, 6.45) is 3.00. The minimum absolute atomic E-state index is 0.0536. The zero-order valence-electron chi connectivity index (χ0n) is 21.9. The molecule has 1 aliphatic carbocycles. The number of sulfonamides is 1. The summed E-state index contributed by atoms with van der Waals surface area (Å²) in [4.78, 5) is 45.0. The van der Waals surface area contributed by atoms with Crippen molar-refractivity contribution in [2.45, 2.75) is 57.4 Å². The van der Waals surface area contributed by atoms with Crippen molar-refractivity contribution in [3.63, 3.8) is 0 Å². The summed E-state index contributed by atoms with van der Waals surface area (Å²) in [5.74, 6) is -0.975. The average Bonchev–Trinajstić information content (AvgIpc) is 3.36. The number of urea groups is 1. The van der Waals surface area contributed by atoms with Gasteiger partial charge in [0.25, 0.3) is 11.8 Å². The Morgan fingerprint density at radius 3 is 2.39 bits per heavy atom. The maximum atomic E-state index is 13.3. The topological polar surface area (TPSA) is 137 Å². The van der Waals surface area contributed by atoms with Gasteiger partial charge in [-0.05, 0) is 57.9 Å². The van der Waals surface area contributed by atoms with E-state index in [0.717, 1.165) is 42.6 Å². The normalized spacial score (nSPS) is 18.3. The standard InChI is InChI=1S/C27H33N5O5S/c1-27(2,3)38(36,37)31-24(33)18-12-9-13-19(16-18)28-26(35)30-23-25(34)32(4)21-15-8-7-14-20(21)22(29-23)17-10-5-6-11-17/h7-9,12-17,23H,5-6,10-11H2,1-4H3,(H,31,33)(H2,28,30,35). The van der Waals surface area contributed by atoms with E-state index >= 15 is 0 Å². The third kappa shape index (κ3) is 5.72. The van der Waals surface area contributed by atoms with Crippen LogP contribution in [0.3, 0.4) is 0 Å². The molecule has 4 rings (SSSR count). The van der Waals surface area contributed by atoms with Crippen molar-refractivity contribution in [2.75, 3.05) is 17.3 Å². The third-order valence-electron chi connectivity index (χ3n) is 6.80. The van der Waals surface area contributed by atoms with E-state index in [9.17, 15) is 22.8 Å². The Labute approximate surface area is 223 Å². The molecule has 10 nitrogen and oxygen atoms in total. The van der Waals surface area contributed by atoms with Gasteiger partial charge >= 0.3 is 6.03 Å². The molecule has 1 heterocycles. The van der Waals surface area contributed by atoms with Gasteiger partial charge < -0.3 is 15.5 Å². The molecule has 202 valence electrons. The maximum Gasteiger partial charge on any atom is 0.321 e. The molecular weight excluding hydrogens is 506 g/mol. The van der Waals surface area contributed by atoms with E-state index in [4.69, 9.17) is 4.99 Å². The highest BCUT2D eigenvalue weighted by atomic mass is 32.2. The summed E-state index contributed by atoms with van der Waals surface area (Å²) in [6, 6.07) is 12.8. The van der Waals surface area contributed by atoms with E-state index < -0.39 is 32.9 Å². The summed E-state index contributed by atoms with van der Waals surface area (Å²) in [6.45, 7) is 4.45. The summed E-state index contributed by atoms with van der Waals surface area (Å²) >= 11 is 0. The van der Waals surface area contributed by atoms with E-state index in [0.29, 0.717) is 0 Å². The minimum atomic E-state index is -3.91. The van der Waals surface area contributed by atoms with Crippen LogP contribution in [0.5, 0.6) is 0 Å². The smallest absolute Gasteiger partial charge is 0.311 e. The first-order chi connectivity index (χ1) is 17.9. The van der Waals surface area contributed by atoms with Crippen LogP contribution in [0.2, 0.25) is 0 Å². The van der Waals surface area contributed by atoms with E-state index in [1.54, 1.807) is 13.1 Å². The summed E-state index contributed by atoms with van der Waals surface area (Å²) in [7, 11) is -2.24. The molecule has 1 unspecified atom stereocenters. The van der Waals surface area contributed by atoms with Crippen LogP contribution in [0.4, 0.5) is 16.2 Å². The van der Waals surface area contributed by atoms with Gasteiger partial charge in [-0.1, -0.05) is 37.1 Å². The molecule has 0 radical (unpaired) electrons. The number of aliphatic imine (C=N–C) groups is 1. The fourth-order valence-corrected chi connectivity index (χ4v) is 5.20. The van der Waals surface area contributed by atoms with Crippen molar-refractivity contribution in [3.05, 3.63) is 59.7 Å². The number of carbonyl (C=O) groups excluding carboxylic acids is 3. The number of amides is 4. The van der Waals surface area contributed by atoms with Crippen molar-refractivity contribution in [1.29, 1.82) is 0 Å². The highest BCUT2D eigenvalue weighted by molar-refractivity contribution is 7.91. The van der Waals surface area contributed by atoms with E-state index in [1.807, 2.05) is 24.3 Å². The number of para-hydroxylation sites is 1. The number of likely N-dealkylation sites (N-methyl/N-ethyl adjacent to an activating group) is 1. The van der Waals surface area contributed by atoms with Gasteiger partial charge in [-0.3, -0.25) is 14.6 Å². The first-order valence-electron chi connectivity index (χ1n) is 12.6. The molecule has 1 fully saturated rings. The Kier molecular flexibility index (Phi) is 7.59. The Balaban J connectivity index is 1.52. The molecule has 0 spiro atoms. The summed E-state index contributed by atoms with van der Waals surface area (Å²) in [5, 5.41) is 5.28. The third-order valence-corrected chi connectivity index (χ3v) is 8.87. The SMILES string of the molecule is CN1C(=O)C(NC(=O)Nc2cccc(C(=O)NS(=O)(=O)C(C)(C)C)c2)N=C(C2CCCC2)c2ccccc21. The molecule has 4 amide bonds. The molecule has 1 atom stereocenters. The fourth-order valence-electron chi connectivity index (χ4n) is 4.53. The molecule has 11 heteroatoms. The van der Waals surface area contributed by atoms with Crippen LogP contribution in [0.15, 0.2) is 53.5 Å². The Morgan fingerprint density at radius 1 is 1.03 bits per heavy atom. The Bertz CT molecular complexity index is 1390. The lowest BCUT2D eigenvalue weighted by molar-refractivity contribution is -0.119. The number of nitrogens with one attached hydrogen (secondary N) is 3. The van der Waals surface area contributed by atoms with Crippen LogP contribution in [-0.2, 0) is 14.8 Å². The number of benzene rings is 2. The molecule has 1 aliphatic heterocycles. The van der Waals surface area contributed by atoms with Gasteiger partial charge in [0, 0.05) is 29.8 Å². The number of rotatable bonds is 5. The molecule has 0 aromatic heterocycles. The van der Waals surface area contributed by atoms with Crippen molar-refractivity contribution in [2.24, 2.45) is 10.9 Å². The zero-order chi connectivity index (χ0) is 27.7. The van der Waals surface area contributed by atoms with Crippen LogP contribution in [0, 0.1) is 5.92 Å². The van der Waals surface area contributed by atoms with Gasteiger partial charge in [-0.2, -0.15) is 0 Å². The number of hydrogen-bond acceptors (Lipinski definition) is 6. The largest absolute Gasteiger partial charge is 0.321 e. The van der Waals surface area contributed by atoms with Crippen molar-refractivity contribution >= 4 is 45.0 Å². The average molecular weight is 540 g/mol. The molecule has 1 saturated carbocycles. The molecular formula is C27H33N5O5S. The lowest BCUT2D eigenvalue weighted by Gasteiger charge is -2.21. The number of nitrogens with zero attached hydrogens (tertiary/aromatic N) is 2. The van der Waals surface area contributed by atoms with E-state index in [-0.39, 0.29) is 23.1 Å². The first-order valence-corrected chi connectivity index (χ1v) is 14.0. The number of benzodiazepines with no additional fused rings is 1. The Hall–Kier alpha value is -3.73. The lowest BCUT2D eigenvalue weighted by Crippen LogP contribution is -2.47. The first kappa shape index (κ1) is 27.3. The second-order valence-electron chi connectivity index (χ2n) is 10.5. The van der Waals surface area contributed by atoms with Gasteiger partial charge in [0.1, 0.15) is 0 Å². The molecule has 38 heavy (non-hydrogen) atoms. The molecule has 0 bridgehead atoms. The highest BCUT2D eigenvalue weighted by Gasteiger charge is 2.34.